The number of rotatable bonds is 2. The predicted octanol–water partition coefficient (Wildman–Crippen LogP) is 4.81. The van der Waals surface area contributed by atoms with E-state index in [-0.39, 0.29) is 11.5 Å². The maximum absolute atomic E-state index is 6.76. The second-order valence-corrected chi connectivity index (χ2v) is 10.2. The van der Waals surface area contributed by atoms with Crippen LogP contribution in [0.15, 0.2) is 67.0 Å². The van der Waals surface area contributed by atoms with Crippen LogP contribution in [0, 0.1) is 5.41 Å². The quantitative estimate of drug-likeness (QED) is 0.491. The third-order valence-electron chi connectivity index (χ3n) is 8.49. The summed E-state index contributed by atoms with van der Waals surface area (Å²) in [6.07, 6.45) is 9.73. The lowest BCUT2D eigenvalue weighted by atomic mass is 9.73. The van der Waals surface area contributed by atoms with Crippen LogP contribution in [0.25, 0.3) is 10.9 Å². The minimum Gasteiger partial charge on any atom is -0.357 e. The molecular formula is C28H29N5. The largest absolute Gasteiger partial charge is 0.357 e. The minimum absolute atomic E-state index is 0.149. The summed E-state index contributed by atoms with van der Waals surface area (Å²) in [6, 6.07) is 20.2. The van der Waals surface area contributed by atoms with Crippen molar-refractivity contribution in [3.05, 3.63) is 89.2 Å². The molecule has 2 N–H and O–H groups in total. The van der Waals surface area contributed by atoms with Gasteiger partial charge in [0.2, 0.25) is 0 Å². The van der Waals surface area contributed by atoms with Gasteiger partial charge in [0.1, 0.15) is 5.82 Å². The molecule has 7 rings (SSSR count). The Labute approximate surface area is 194 Å². The van der Waals surface area contributed by atoms with Gasteiger partial charge in [0.05, 0.1) is 11.6 Å². The molecule has 1 spiro atoms. The normalized spacial score (nSPS) is 23.2. The average Bonchev–Trinajstić information content (AvgIpc) is 3.54. The summed E-state index contributed by atoms with van der Waals surface area (Å²) in [5.74, 6) is 1.04. The summed E-state index contributed by atoms with van der Waals surface area (Å²) < 4.78 is 2.15. The van der Waals surface area contributed by atoms with E-state index >= 15 is 0 Å². The molecule has 2 aromatic heterocycles. The van der Waals surface area contributed by atoms with Crippen LogP contribution in [0.5, 0.6) is 0 Å². The molecule has 2 aliphatic carbocycles. The van der Waals surface area contributed by atoms with E-state index in [4.69, 9.17) is 15.8 Å². The van der Waals surface area contributed by atoms with E-state index in [1.54, 1.807) is 0 Å². The highest BCUT2D eigenvalue weighted by Gasteiger charge is 2.45. The summed E-state index contributed by atoms with van der Waals surface area (Å²) in [5.41, 5.74) is 13.7. The predicted molar refractivity (Wildman–Crippen MR) is 131 cm³/mol. The summed E-state index contributed by atoms with van der Waals surface area (Å²) in [6.45, 7) is 1.99. The molecule has 2 aromatic carbocycles. The molecule has 3 heterocycles. The minimum atomic E-state index is 0.149. The highest BCUT2D eigenvalue weighted by Crippen LogP contribution is 2.51. The van der Waals surface area contributed by atoms with Gasteiger partial charge in [0.15, 0.2) is 0 Å². The lowest BCUT2D eigenvalue weighted by Gasteiger charge is -2.42. The molecule has 0 bridgehead atoms. The second kappa shape index (κ2) is 7.16. The summed E-state index contributed by atoms with van der Waals surface area (Å²) in [7, 11) is 0. The van der Waals surface area contributed by atoms with Crippen molar-refractivity contribution < 1.29 is 0 Å². The van der Waals surface area contributed by atoms with Crippen molar-refractivity contribution in [1.29, 1.82) is 0 Å². The molecule has 5 nitrogen and oxygen atoms in total. The summed E-state index contributed by atoms with van der Waals surface area (Å²) >= 11 is 0. The van der Waals surface area contributed by atoms with Crippen molar-refractivity contribution in [3.8, 4) is 0 Å². The van der Waals surface area contributed by atoms with Crippen molar-refractivity contribution in [2.75, 3.05) is 18.0 Å². The van der Waals surface area contributed by atoms with Crippen LogP contribution in [0.2, 0.25) is 0 Å². The Morgan fingerprint density at radius 2 is 1.70 bits per heavy atom. The number of anilines is 1. The van der Waals surface area contributed by atoms with Crippen molar-refractivity contribution >= 4 is 16.7 Å². The first kappa shape index (κ1) is 19.3. The van der Waals surface area contributed by atoms with Crippen molar-refractivity contribution in [3.63, 3.8) is 0 Å². The molecule has 1 saturated heterocycles. The smallest absolute Gasteiger partial charge is 0.130 e. The van der Waals surface area contributed by atoms with E-state index in [0.717, 1.165) is 61.9 Å². The van der Waals surface area contributed by atoms with E-state index in [2.05, 4.69) is 70.4 Å². The van der Waals surface area contributed by atoms with E-state index < -0.39 is 0 Å². The Hall–Kier alpha value is -3.18. The number of fused-ring (bicyclic) bond motifs is 3. The number of pyridine rings is 1. The van der Waals surface area contributed by atoms with Gasteiger partial charge in [-0.1, -0.05) is 48.5 Å². The zero-order valence-corrected chi connectivity index (χ0v) is 18.8. The Balaban J connectivity index is 1.12. The highest BCUT2D eigenvalue weighted by atomic mass is 15.3. The Kier molecular flexibility index (Phi) is 4.19. The van der Waals surface area contributed by atoms with Crippen LogP contribution < -0.4 is 10.6 Å². The lowest BCUT2D eigenvalue weighted by molar-refractivity contribution is 0.187. The van der Waals surface area contributed by atoms with Gasteiger partial charge < -0.3 is 10.6 Å². The monoisotopic (exact) mass is 435 g/mol. The van der Waals surface area contributed by atoms with Gasteiger partial charge in [-0.15, -0.1) is 0 Å². The lowest BCUT2D eigenvalue weighted by Crippen LogP contribution is -2.44. The van der Waals surface area contributed by atoms with Crippen LogP contribution in [0.3, 0.4) is 0 Å². The molecular weight excluding hydrogens is 406 g/mol. The van der Waals surface area contributed by atoms with Gasteiger partial charge >= 0.3 is 0 Å². The Morgan fingerprint density at radius 3 is 2.52 bits per heavy atom. The molecule has 1 unspecified atom stereocenters. The number of aromatic nitrogens is 3. The summed E-state index contributed by atoms with van der Waals surface area (Å²) in [5, 5.41) is 6.10. The Bertz CT molecular complexity index is 1350. The average molecular weight is 436 g/mol. The van der Waals surface area contributed by atoms with Gasteiger partial charge in [-0.3, -0.25) is 4.68 Å². The SMILES string of the molecule is N[C@@H]1c2ccccc2CC12CCN(c1cc3nn(C4CCc5ccccc54)cc3cn1)CC2. The molecule has 0 saturated carbocycles. The number of piperidine rings is 1. The molecule has 33 heavy (non-hydrogen) atoms. The van der Waals surface area contributed by atoms with E-state index in [1.165, 1.54) is 22.3 Å². The maximum Gasteiger partial charge on any atom is 0.130 e. The fourth-order valence-electron chi connectivity index (χ4n) is 6.56. The van der Waals surface area contributed by atoms with Gasteiger partial charge in [0.25, 0.3) is 0 Å². The maximum atomic E-state index is 6.76. The van der Waals surface area contributed by atoms with Crippen molar-refractivity contribution in [2.24, 2.45) is 11.1 Å². The van der Waals surface area contributed by atoms with Crippen molar-refractivity contribution in [1.82, 2.24) is 14.8 Å². The number of nitrogens with zero attached hydrogens (tertiary/aromatic N) is 4. The molecule has 166 valence electrons. The van der Waals surface area contributed by atoms with Crippen LogP contribution in [0.4, 0.5) is 5.82 Å². The molecule has 3 aliphatic rings. The van der Waals surface area contributed by atoms with Crippen LogP contribution in [-0.4, -0.2) is 27.9 Å². The van der Waals surface area contributed by atoms with Gasteiger partial charge in [-0.2, -0.15) is 5.10 Å². The molecule has 1 fully saturated rings. The first-order chi connectivity index (χ1) is 16.2. The van der Waals surface area contributed by atoms with Crippen LogP contribution >= 0.6 is 0 Å². The fourth-order valence-corrected chi connectivity index (χ4v) is 6.56. The molecule has 2 atom stereocenters. The number of hydrogen-bond donors (Lipinski definition) is 1. The van der Waals surface area contributed by atoms with E-state index in [9.17, 15) is 0 Å². The topological polar surface area (TPSA) is 60.0 Å². The third kappa shape index (κ3) is 2.95. The second-order valence-electron chi connectivity index (χ2n) is 10.2. The van der Waals surface area contributed by atoms with Gasteiger partial charge in [0, 0.05) is 43.0 Å². The van der Waals surface area contributed by atoms with E-state index in [1.807, 2.05) is 6.20 Å². The number of nitrogens with two attached hydrogens (primary N) is 1. The highest BCUT2D eigenvalue weighted by molar-refractivity contribution is 5.80. The van der Waals surface area contributed by atoms with Gasteiger partial charge in [-0.05, 0) is 59.8 Å². The molecule has 4 aromatic rings. The Morgan fingerprint density at radius 1 is 0.939 bits per heavy atom. The first-order valence-corrected chi connectivity index (χ1v) is 12.2. The zero-order chi connectivity index (χ0) is 22.0. The van der Waals surface area contributed by atoms with Gasteiger partial charge in [-0.25, -0.2) is 4.98 Å². The molecule has 0 amide bonds. The molecule has 1 aliphatic heterocycles. The third-order valence-corrected chi connectivity index (χ3v) is 8.49. The zero-order valence-electron chi connectivity index (χ0n) is 18.8. The molecule has 0 radical (unpaired) electrons. The van der Waals surface area contributed by atoms with Crippen molar-refractivity contribution in [2.45, 2.75) is 44.2 Å². The van der Waals surface area contributed by atoms with Crippen LogP contribution in [0.1, 0.15) is 53.6 Å². The number of aryl methyl sites for hydroxylation is 1. The number of benzene rings is 2. The van der Waals surface area contributed by atoms with Crippen LogP contribution in [-0.2, 0) is 12.8 Å². The standard InChI is InChI=1S/C28H29N5/c29-27-23-8-4-2-6-20(23)16-28(27)11-13-32(14-12-28)26-15-24-21(17-30-26)18-33(31-24)25-10-9-19-5-1-3-7-22(19)25/h1-8,15,17-18,25,27H,9-14,16,29H2/t25?,27-/m1/s1. The molecule has 5 heteroatoms. The number of hydrogen-bond acceptors (Lipinski definition) is 4. The first-order valence-electron chi connectivity index (χ1n) is 12.2. The van der Waals surface area contributed by atoms with E-state index in [0.29, 0.717) is 6.04 Å². The summed E-state index contributed by atoms with van der Waals surface area (Å²) in [4.78, 5) is 7.25. The fraction of sp³-hybridized carbons (Fsp3) is 0.357.